The minimum atomic E-state index is -3.53. The van der Waals surface area contributed by atoms with Crippen LogP contribution in [0, 0.1) is 11.6 Å². The molecular weight excluding hydrogens is 458 g/mol. The second-order valence-corrected chi connectivity index (χ2v) is 10.5. The van der Waals surface area contributed by atoms with Crippen molar-refractivity contribution in [3.8, 4) is 22.8 Å². The number of nitrogens with zero attached hydrogens (tertiary/aromatic N) is 2. The molecule has 0 bridgehead atoms. The highest BCUT2D eigenvalue weighted by Crippen LogP contribution is 2.34. The number of hydrogen-bond donors (Lipinski definition) is 0. The van der Waals surface area contributed by atoms with Crippen molar-refractivity contribution in [3.05, 3.63) is 53.4 Å². The van der Waals surface area contributed by atoms with Crippen LogP contribution in [0.4, 0.5) is 13.9 Å². The van der Waals surface area contributed by atoms with Gasteiger partial charge in [0.1, 0.15) is 0 Å². The summed E-state index contributed by atoms with van der Waals surface area (Å²) in [4.78, 5) is 6.77. The van der Waals surface area contributed by atoms with Crippen molar-refractivity contribution in [1.29, 1.82) is 0 Å². The number of piperidine rings is 1. The summed E-state index contributed by atoms with van der Waals surface area (Å²) in [5.41, 5.74) is 1.06. The first-order valence-corrected chi connectivity index (χ1v) is 12.4. The standard InChI is InChI=1S/C22H22F2N2O4S2/c1-29-20-6-4-16(12-21(20)30-2)32(27,28)15-7-9-26(10-8-15)22-25-19(13-31-22)14-3-5-17(23)18(24)11-14/h3-6,11-13,15H,7-10H2,1-2H3. The molecule has 3 aromatic rings. The van der Waals surface area contributed by atoms with Gasteiger partial charge in [0.25, 0.3) is 0 Å². The van der Waals surface area contributed by atoms with Crippen molar-refractivity contribution < 1.29 is 26.7 Å². The summed E-state index contributed by atoms with van der Waals surface area (Å²) in [6.45, 7) is 1.06. The Morgan fingerprint density at radius 3 is 2.38 bits per heavy atom. The van der Waals surface area contributed by atoms with Crippen LogP contribution in [0.2, 0.25) is 0 Å². The number of thiazole rings is 1. The van der Waals surface area contributed by atoms with Crippen LogP contribution in [-0.2, 0) is 9.84 Å². The van der Waals surface area contributed by atoms with E-state index in [0.29, 0.717) is 48.7 Å². The topological polar surface area (TPSA) is 68.7 Å². The first-order valence-electron chi connectivity index (χ1n) is 9.95. The summed E-state index contributed by atoms with van der Waals surface area (Å²) in [6, 6.07) is 8.31. The molecule has 2 aromatic carbocycles. The molecular formula is C22H22F2N2O4S2. The Morgan fingerprint density at radius 1 is 1.00 bits per heavy atom. The Hall–Kier alpha value is -2.72. The average Bonchev–Trinajstić information content (AvgIpc) is 3.30. The fourth-order valence-corrected chi connectivity index (χ4v) is 6.37. The second kappa shape index (κ2) is 9.03. The van der Waals surface area contributed by atoms with E-state index < -0.39 is 26.7 Å². The van der Waals surface area contributed by atoms with Crippen LogP contribution in [0.1, 0.15) is 12.8 Å². The predicted octanol–water partition coefficient (Wildman–Crippen LogP) is 4.55. The van der Waals surface area contributed by atoms with Gasteiger partial charge in [0.05, 0.1) is 30.1 Å². The Kier molecular flexibility index (Phi) is 6.34. The van der Waals surface area contributed by atoms with Crippen molar-refractivity contribution in [3.63, 3.8) is 0 Å². The third-order valence-corrected chi connectivity index (χ3v) is 8.70. The molecule has 2 heterocycles. The SMILES string of the molecule is COc1ccc(S(=O)(=O)C2CCN(c3nc(-c4ccc(F)c(F)c4)cs3)CC2)cc1OC. The van der Waals surface area contributed by atoms with E-state index in [2.05, 4.69) is 4.98 Å². The fourth-order valence-electron chi connectivity index (χ4n) is 3.74. The highest BCUT2D eigenvalue weighted by Gasteiger charge is 2.32. The molecule has 0 saturated carbocycles. The van der Waals surface area contributed by atoms with E-state index >= 15 is 0 Å². The first kappa shape index (κ1) is 22.5. The van der Waals surface area contributed by atoms with E-state index in [-0.39, 0.29) is 4.90 Å². The molecule has 1 aliphatic heterocycles. The average molecular weight is 481 g/mol. The maximum absolute atomic E-state index is 13.5. The van der Waals surface area contributed by atoms with Gasteiger partial charge in [-0.05, 0) is 43.2 Å². The van der Waals surface area contributed by atoms with Crippen molar-refractivity contribution >= 4 is 26.3 Å². The lowest BCUT2D eigenvalue weighted by atomic mass is 10.1. The Morgan fingerprint density at radius 2 is 1.72 bits per heavy atom. The molecule has 0 N–H and O–H groups in total. The fraction of sp³-hybridized carbons (Fsp3) is 0.318. The smallest absolute Gasteiger partial charge is 0.185 e. The van der Waals surface area contributed by atoms with Crippen molar-refractivity contribution in [2.45, 2.75) is 23.0 Å². The molecule has 1 aliphatic rings. The van der Waals surface area contributed by atoms with Crippen molar-refractivity contribution in [2.24, 2.45) is 0 Å². The van der Waals surface area contributed by atoms with Gasteiger partial charge in [0.15, 0.2) is 38.1 Å². The number of sulfone groups is 1. The number of aromatic nitrogens is 1. The molecule has 0 radical (unpaired) electrons. The molecule has 1 saturated heterocycles. The normalized spacial score (nSPS) is 15.1. The number of anilines is 1. The zero-order valence-electron chi connectivity index (χ0n) is 17.5. The van der Waals surface area contributed by atoms with E-state index in [1.807, 2.05) is 4.90 Å². The molecule has 6 nitrogen and oxygen atoms in total. The van der Waals surface area contributed by atoms with E-state index in [4.69, 9.17) is 9.47 Å². The summed E-state index contributed by atoms with van der Waals surface area (Å²) >= 11 is 1.39. The van der Waals surface area contributed by atoms with E-state index in [9.17, 15) is 17.2 Å². The molecule has 4 rings (SSSR count). The maximum atomic E-state index is 13.5. The van der Waals surface area contributed by atoms with Crippen LogP contribution in [0.5, 0.6) is 11.5 Å². The van der Waals surface area contributed by atoms with Gasteiger partial charge in [0, 0.05) is 30.1 Å². The van der Waals surface area contributed by atoms with Crippen LogP contribution in [0.15, 0.2) is 46.7 Å². The zero-order chi connectivity index (χ0) is 22.9. The van der Waals surface area contributed by atoms with E-state index in [1.54, 1.807) is 11.4 Å². The summed E-state index contributed by atoms with van der Waals surface area (Å²) in [6.07, 6.45) is 0.910. The molecule has 0 atom stereocenters. The zero-order valence-corrected chi connectivity index (χ0v) is 19.2. The van der Waals surface area contributed by atoms with Gasteiger partial charge in [-0.3, -0.25) is 0 Å². The Bertz CT molecular complexity index is 1220. The number of benzene rings is 2. The largest absolute Gasteiger partial charge is 0.493 e. The second-order valence-electron chi connectivity index (χ2n) is 7.39. The van der Waals surface area contributed by atoms with Crippen LogP contribution in [0.3, 0.4) is 0 Å². The summed E-state index contributed by atoms with van der Waals surface area (Å²) in [5, 5.41) is 2.00. The monoisotopic (exact) mass is 480 g/mol. The minimum Gasteiger partial charge on any atom is -0.493 e. The lowest BCUT2D eigenvalue weighted by Gasteiger charge is -2.31. The molecule has 0 unspecified atom stereocenters. The summed E-state index contributed by atoms with van der Waals surface area (Å²) < 4.78 is 63.4. The Balaban J connectivity index is 1.46. The van der Waals surface area contributed by atoms with Crippen molar-refractivity contribution in [2.75, 3.05) is 32.2 Å². The predicted molar refractivity (Wildman–Crippen MR) is 119 cm³/mol. The lowest BCUT2D eigenvalue weighted by Crippen LogP contribution is -2.39. The van der Waals surface area contributed by atoms with Gasteiger partial charge in [-0.2, -0.15) is 0 Å². The van der Waals surface area contributed by atoms with Gasteiger partial charge in [-0.1, -0.05) is 0 Å². The molecule has 1 aromatic heterocycles. The molecule has 1 fully saturated rings. The van der Waals surface area contributed by atoms with Gasteiger partial charge >= 0.3 is 0 Å². The van der Waals surface area contributed by atoms with Gasteiger partial charge < -0.3 is 14.4 Å². The summed E-state index contributed by atoms with van der Waals surface area (Å²) in [5.74, 6) is -0.972. The molecule has 0 spiro atoms. The number of rotatable bonds is 6. The quantitative estimate of drug-likeness (QED) is 0.516. The summed E-state index contributed by atoms with van der Waals surface area (Å²) in [7, 11) is -0.562. The number of ether oxygens (including phenoxy) is 2. The lowest BCUT2D eigenvalue weighted by molar-refractivity contribution is 0.354. The Labute approximate surface area is 189 Å². The number of methoxy groups -OCH3 is 2. The maximum Gasteiger partial charge on any atom is 0.185 e. The van der Waals surface area contributed by atoms with E-state index in [0.717, 1.165) is 17.3 Å². The van der Waals surface area contributed by atoms with Crippen LogP contribution >= 0.6 is 11.3 Å². The molecule has 10 heteroatoms. The highest BCUT2D eigenvalue weighted by atomic mass is 32.2. The third-order valence-electron chi connectivity index (χ3n) is 5.54. The first-order chi connectivity index (χ1) is 15.3. The highest BCUT2D eigenvalue weighted by molar-refractivity contribution is 7.92. The van der Waals surface area contributed by atoms with Gasteiger partial charge in [-0.15, -0.1) is 11.3 Å². The molecule has 32 heavy (non-hydrogen) atoms. The third kappa shape index (κ3) is 4.29. The van der Waals surface area contributed by atoms with E-state index in [1.165, 1.54) is 43.8 Å². The molecule has 0 aliphatic carbocycles. The molecule has 170 valence electrons. The number of hydrogen-bond acceptors (Lipinski definition) is 7. The van der Waals surface area contributed by atoms with Gasteiger partial charge in [-0.25, -0.2) is 22.2 Å². The van der Waals surface area contributed by atoms with Crippen molar-refractivity contribution in [1.82, 2.24) is 4.98 Å². The minimum absolute atomic E-state index is 0.212. The van der Waals surface area contributed by atoms with Crippen LogP contribution < -0.4 is 14.4 Å². The number of halogens is 2. The molecule has 0 amide bonds. The van der Waals surface area contributed by atoms with Crippen LogP contribution in [0.25, 0.3) is 11.3 Å². The van der Waals surface area contributed by atoms with Gasteiger partial charge in [0.2, 0.25) is 0 Å². The van der Waals surface area contributed by atoms with Crippen LogP contribution in [-0.4, -0.2) is 46.0 Å².